The van der Waals surface area contributed by atoms with Gasteiger partial charge in [0.2, 0.25) is 11.8 Å². The van der Waals surface area contributed by atoms with E-state index < -0.39 is 12.3 Å². The van der Waals surface area contributed by atoms with Crippen LogP contribution in [0.4, 0.5) is 16.6 Å². The van der Waals surface area contributed by atoms with Crippen LogP contribution in [0.5, 0.6) is 0 Å². The minimum Gasteiger partial charge on any atom is -0.365 e. The largest absolute Gasteiger partial charge is 0.427 e. The number of carbonyl (C=O) groups is 1. The van der Waals surface area contributed by atoms with Crippen molar-refractivity contribution in [1.29, 1.82) is 0 Å². The van der Waals surface area contributed by atoms with Crippen molar-refractivity contribution in [2.45, 2.75) is 97.4 Å². The van der Waals surface area contributed by atoms with Crippen LogP contribution in [0.15, 0.2) is 4.52 Å². The van der Waals surface area contributed by atoms with Crippen molar-refractivity contribution in [3.63, 3.8) is 0 Å². The van der Waals surface area contributed by atoms with E-state index in [0.29, 0.717) is 46.8 Å². The zero-order valence-electron chi connectivity index (χ0n) is 23.0. The molecule has 0 radical (unpaired) electrons. The summed E-state index contributed by atoms with van der Waals surface area (Å²) in [5.74, 6) is 4.75. The Morgan fingerprint density at radius 2 is 1.85 bits per heavy atom. The third-order valence-corrected chi connectivity index (χ3v) is 8.47. The Balaban J connectivity index is 1.41. The van der Waals surface area contributed by atoms with Gasteiger partial charge in [0.05, 0.1) is 0 Å². The van der Waals surface area contributed by atoms with Gasteiger partial charge >= 0.3 is 6.09 Å². The summed E-state index contributed by atoms with van der Waals surface area (Å²) >= 11 is 0. The van der Waals surface area contributed by atoms with Crippen molar-refractivity contribution in [3.8, 4) is 0 Å². The SMILES string of the molecule is Cc1noc(C(C)Nc2nc3nc(C4NOC(=O)N4)nc(N[C@H](C)C4CCC4)c3n2CC2CCC(C)CC2)n1. The molecule has 0 spiro atoms. The number of aryl methyl sites for hydroxylation is 1. The van der Waals surface area contributed by atoms with Gasteiger partial charge in [-0.15, -0.1) is 5.48 Å². The average Bonchev–Trinajstić information content (AvgIpc) is 3.58. The summed E-state index contributed by atoms with van der Waals surface area (Å²) in [6.07, 6.45) is 7.25. The van der Waals surface area contributed by atoms with Gasteiger partial charge in [-0.05, 0) is 64.2 Å². The molecule has 3 aromatic heterocycles. The summed E-state index contributed by atoms with van der Waals surface area (Å²) in [6, 6.07) is -0.0160. The molecule has 39 heavy (non-hydrogen) atoms. The lowest BCUT2D eigenvalue weighted by atomic mass is 9.80. The van der Waals surface area contributed by atoms with Crippen molar-refractivity contribution in [1.82, 2.24) is 40.5 Å². The maximum absolute atomic E-state index is 11.7. The lowest BCUT2D eigenvalue weighted by molar-refractivity contribution is 0.120. The van der Waals surface area contributed by atoms with Gasteiger partial charge in [0.25, 0.3) is 0 Å². The molecule has 0 bridgehead atoms. The highest BCUT2D eigenvalue weighted by Gasteiger charge is 2.32. The number of fused-ring (bicyclic) bond motifs is 1. The van der Waals surface area contributed by atoms with E-state index in [1.165, 1.54) is 44.9 Å². The number of nitrogens with zero attached hydrogens (tertiary/aromatic N) is 6. The van der Waals surface area contributed by atoms with Crippen LogP contribution >= 0.6 is 0 Å². The maximum atomic E-state index is 11.7. The molecule has 2 aliphatic carbocycles. The number of hydroxylamine groups is 1. The van der Waals surface area contributed by atoms with Gasteiger partial charge in [0.15, 0.2) is 29.3 Å². The highest BCUT2D eigenvalue weighted by molar-refractivity contribution is 5.86. The quantitative estimate of drug-likeness (QED) is 0.307. The summed E-state index contributed by atoms with van der Waals surface area (Å²) in [5, 5.41) is 13.8. The van der Waals surface area contributed by atoms with E-state index in [1.54, 1.807) is 6.92 Å². The van der Waals surface area contributed by atoms with Crippen LogP contribution in [-0.2, 0) is 11.4 Å². The summed E-state index contributed by atoms with van der Waals surface area (Å²) in [5.41, 5.74) is 4.07. The van der Waals surface area contributed by atoms with Crippen molar-refractivity contribution in [2.24, 2.45) is 17.8 Å². The number of carbonyl (C=O) groups excluding carboxylic acids is 1. The minimum absolute atomic E-state index is 0.239. The lowest BCUT2D eigenvalue weighted by Gasteiger charge is -2.32. The van der Waals surface area contributed by atoms with Crippen LogP contribution in [-0.4, -0.2) is 41.8 Å². The van der Waals surface area contributed by atoms with Crippen LogP contribution in [0.2, 0.25) is 0 Å². The second-order valence-corrected chi connectivity index (χ2v) is 11.5. The predicted octanol–water partition coefficient (Wildman–Crippen LogP) is 4.36. The van der Waals surface area contributed by atoms with Gasteiger partial charge in [-0.25, -0.2) is 14.8 Å². The third kappa shape index (κ3) is 5.36. The summed E-state index contributed by atoms with van der Waals surface area (Å²) in [6.45, 7) is 9.12. The second kappa shape index (κ2) is 10.6. The monoisotopic (exact) mass is 538 g/mol. The molecule has 1 amide bonds. The standard InChI is InChI=1S/C26H38N10O3/c1-13-8-10-17(11-9-13)12-36-19-20(27-14(2)18-6-5-7-18)30-22(23-33-26(37)39-35-23)31-21(19)32-25(36)28-15(3)24-29-16(4)34-38-24/h13-15,17-18,23,35H,5-12H2,1-4H3,(H,33,37)(H2,27,28,30,31,32)/t13?,14-,15?,17?,23?/m1/s1. The fourth-order valence-corrected chi connectivity index (χ4v) is 5.76. The maximum Gasteiger partial charge on any atom is 0.427 e. The minimum atomic E-state index is -0.664. The molecular formula is C26H38N10O3. The molecular weight excluding hydrogens is 500 g/mol. The first-order valence-corrected chi connectivity index (χ1v) is 14.2. The average molecular weight is 539 g/mol. The van der Waals surface area contributed by atoms with Crippen molar-refractivity contribution in [2.75, 3.05) is 10.6 Å². The van der Waals surface area contributed by atoms with Crippen LogP contribution < -0.4 is 21.4 Å². The molecule has 13 heteroatoms. The van der Waals surface area contributed by atoms with E-state index in [2.05, 4.69) is 50.0 Å². The van der Waals surface area contributed by atoms with Gasteiger partial charge in [-0.1, -0.05) is 31.3 Å². The Kier molecular flexibility index (Phi) is 7.00. The zero-order chi connectivity index (χ0) is 27.1. The Bertz CT molecular complexity index is 1330. The van der Waals surface area contributed by atoms with E-state index in [0.717, 1.165) is 18.0 Å². The molecule has 2 unspecified atom stereocenters. The molecule has 6 rings (SSSR count). The number of hydrogen-bond acceptors (Lipinski definition) is 11. The normalized spacial score (nSPS) is 25.1. The fraction of sp³-hybridized carbons (Fsp3) is 0.692. The van der Waals surface area contributed by atoms with Crippen LogP contribution in [0.1, 0.15) is 95.5 Å². The Labute approximate surface area is 227 Å². The number of imidazole rings is 1. The molecule has 3 aromatic rings. The van der Waals surface area contributed by atoms with Crippen LogP contribution in [0.3, 0.4) is 0 Å². The van der Waals surface area contributed by atoms with E-state index in [-0.39, 0.29) is 12.1 Å². The molecule has 13 nitrogen and oxygen atoms in total. The number of rotatable bonds is 9. The molecule has 1 saturated heterocycles. The molecule has 3 atom stereocenters. The van der Waals surface area contributed by atoms with Crippen molar-refractivity contribution < 1.29 is 14.2 Å². The van der Waals surface area contributed by atoms with E-state index in [1.807, 2.05) is 6.92 Å². The molecule has 3 aliphatic rings. The van der Waals surface area contributed by atoms with Crippen molar-refractivity contribution >= 4 is 29.0 Å². The Morgan fingerprint density at radius 3 is 2.49 bits per heavy atom. The number of hydrogen-bond donors (Lipinski definition) is 4. The second-order valence-electron chi connectivity index (χ2n) is 11.5. The van der Waals surface area contributed by atoms with Crippen LogP contribution in [0, 0.1) is 24.7 Å². The first-order valence-electron chi connectivity index (χ1n) is 14.2. The lowest BCUT2D eigenvalue weighted by Crippen LogP contribution is -2.32. The fourth-order valence-electron chi connectivity index (χ4n) is 5.76. The third-order valence-electron chi connectivity index (χ3n) is 8.47. The smallest absolute Gasteiger partial charge is 0.365 e. The number of amides is 1. The molecule has 0 aromatic carbocycles. The summed E-state index contributed by atoms with van der Waals surface area (Å²) in [4.78, 5) is 35.7. The van der Waals surface area contributed by atoms with E-state index in [9.17, 15) is 4.79 Å². The highest BCUT2D eigenvalue weighted by atomic mass is 16.7. The Hall–Kier alpha value is -3.48. The van der Waals surface area contributed by atoms with Gasteiger partial charge < -0.3 is 24.6 Å². The summed E-state index contributed by atoms with van der Waals surface area (Å²) < 4.78 is 7.64. The first-order chi connectivity index (χ1) is 18.8. The zero-order valence-corrected chi connectivity index (χ0v) is 23.0. The van der Waals surface area contributed by atoms with Gasteiger partial charge in [0, 0.05) is 12.6 Å². The van der Waals surface area contributed by atoms with E-state index >= 15 is 0 Å². The molecule has 3 fully saturated rings. The molecule has 2 saturated carbocycles. The summed E-state index contributed by atoms with van der Waals surface area (Å²) in [7, 11) is 0. The topological polar surface area (TPSA) is 157 Å². The van der Waals surface area contributed by atoms with E-state index in [4.69, 9.17) is 24.3 Å². The number of nitrogens with one attached hydrogen (secondary N) is 4. The van der Waals surface area contributed by atoms with Gasteiger partial charge in [-0.2, -0.15) is 9.97 Å². The first kappa shape index (κ1) is 25.8. The van der Waals surface area contributed by atoms with Gasteiger partial charge in [0.1, 0.15) is 11.6 Å². The number of anilines is 2. The number of aromatic nitrogens is 6. The molecule has 4 heterocycles. The highest BCUT2D eigenvalue weighted by Crippen LogP contribution is 2.36. The molecule has 1 aliphatic heterocycles. The predicted molar refractivity (Wildman–Crippen MR) is 143 cm³/mol. The van der Waals surface area contributed by atoms with Gasteiger partial charge in [-0.3, -0.25) is 5.32 Å². The Morgan fingerprint density at radius 1 is 1.05 bits per heavy atom. The molecule has 4 N–H and O–H groups in total. The van der Waals surface area contributed by atoms with Crippen LogP contribution in [0.25, 0.3) is 11.2 Å². The molecule has 210 valence electrons. The van der Waals surface area contributed by atoms with Crippen molar-refractivity contribution in [3.05, 3.63) is 17.5 Å².